The summed E-state index contributed by atoms with van der Waals surface area (Å²) in [5.41, 5.74) is 0.486. The lowest BCUT2D eigenvalue weighted by molar-refractivity contribution is -0.530. The molecule has 6 nitrogen and oxygen atoms in total. The van der Waals surface area contributed by atoms with Crippen molar-refractivity contribution in [3.8, 4) is 5.75 Å². The van der Waals surface area contributed by atoms with Gasteiger partial charge in [0.25, 0.3) is 6.04 Å². The summed E-state index contributed by atoms with van der Waals surface area (Å²) in [6.45, 7) is 2.61. The maximum Gasteiger partial charge on any atom is 0.303 e. The van der Waals surface area contributed by atoms with E-state index >= 15 is 0 Å². The Labute approximate surface area is 105 Å². The number of carbonyl (C=O) groups excluding carboxylic acids is 1. The van der Waals surface area contributed by atoms with E-state index in [2.05, 4.69) is 0 Å². The molecule has 0 saturated carbocycles. The zero-order chi connectivity index (χ0) is 13.7. The summed E-state index contributed by atoms with van der Waals surface area (Å²) in [5, 5.41) is 10.9. The number of hydrogen-bond acceptors (Lipinski definition) is 5. The third-order valence-electron chi connectivity index (χ3n) is 2.51. The highest BCUT2D eigenvalue weighted by atomic mass is 16.6. The Hall–Kier alpha value is -2.11. The first-order chi connectivity index (χ1) is 8.47. The number of rotatable bonds is 5. The fraction of sp³-hybridized carbons (Fsp3) is 0.417. The highest BCUT2D eigenvalue weighted by molar-refractivity contribution is 5.66. The van der Waals surface area contributed by atoms with E-state index in [0.717, 1.165) is 0 Å². The predicted molar refractivity (Wildman–Crippen MR) is 64.0 cm³/mol. The molecule has 2 atom stereocenters. The molecular weight excluding hydrogens is 238 g/mol. The number of esters is 1. The third-order valence-corrected chi connectivity index (χ3v) is 2.51. The highest BCUT2D eigenvalue weighted by Gasteiger charge is 2.33. The van der Waals surface area contributed by atoms with Crippen molar-refractivity contribution in [2.45, 2.75) is 26.0 Å². The molecular formula is C12H15NO5. The van der Waals surface area contributed by atoms with E-state index in [0.29, 0.717) is 11.3 Å². The smallest absolute Gasteiger partial charge is 0.303 e. The monoisotopic (exact) mass is 253 g/mol. The molecule has 0 aliphatic rings. The second kappa shape index (κ2) is 6.00. The average Bonchev–Trinajstić information content (AvgIpc) is 2.34. The van der Waals surface area contributed by atoms with Crippen molar-refractivity contribution in [2.24, 2.45) is 0 Å². The number of nitrogens with zero attached hydrogens (tertiary/aromatic N) is 1. The lowest BCUT2D eigenvalue weighted by Crippen LogP contribution is -2.28. The van der Waals surface area contributed by atoms with Crippen molar-refractivity contribution >= 4 is 5.97 Å². The zero-order valence-electron chi connectivity index (χ0n) is 10.5. The minimum atomic E-state index is -1.05. The minimum Gasteiger partial charge on any atom is -0.496 e. The Balaban J connectivity index is 3.16. The Bertz CT molecular complexity index is 446. The van der Waals surface area contributed by atoms with Crippen LogP contribution in [-0.4, -0.2) is 24.0 Å². The number of ether oxygens (including phenoxy) is 2. The molecule has 0 radical (unpaired) electrons. The minimum absolute atomic E-state index is 0.456. The number of para-hydroxylation sites is 1. The quantitative estimate of drug-likeness (QED) is 0.455. The van der Waals surface area contributed by atoms with Crippen LogP contribution in [-0.2, 0) is 9.53 Å². The van der Waals surface area contributed by atoms with Gasteiger partial charge in [0.15, 0.2) is 6.10 Å². The van der Waals surface area contributed by atoms with Crippen LogP contribution in [0.15, 0.2) is 24.3 Å². The van der Waals surface area contributed by atoms with E-state index < -0.39 is 23.0 Å². The molecule has 0 heterocycles. The molecule has 0 fully saturated rings. The molecule has 1 aromatic rings. The third kappa shape index (κ3) is 3.19. The van der Waals surface area contributed by atoms with Gasteiger partial charge >= 0.3 is 5.97 Å². The predicted octanol–water partition coefficient (Wildman–Crippen LogP) is 1.96. The number of methoxy groups -OCH3 is 1. The maximum absolute atomic E-state index is 11.1. The number of hydrogen-bond donors (Lipinski definition) is 0. The van der Waals surface area contributed by atoms with Gasteiger partial charge in [-0.3, -0.25) is 14.9 Å². The van der Waals surface area contributed by atoms with Crippen LogP contribution in [0.5, 0.6) is 5.75 Å². The number of nitro groups is 1. The van der Waals surface area contributed by atoms with Crippen LogP contribution in [0.3, 0.4) is 0 Å². The Morgan fingerprint density at radius 2 is 2.00 bits per heavy atom. The first-order valence-electron chi connectivity index (χ1n) is 5.41. The summed E-state index contributed by atoms with van der Waals surface area (Å²) < 4.78 is 10.2. The van der Waals surface area contributed by atoms with Crippen molar-refractivity contribution in [2.75, 3.05) is 7.11 Å². The normalized spacial score (nSPS) is 13.5. The van der Waals surface area contributed by atoms with Gasteiger partial charge in [0.1, 0.15) is 5.75 Å². The summed E-state index contributed by atoms with van der Waals surface area (Å²) in [6, 6.07) is 5.71. The first kappa shape index (κ1) is 14.0. The van der Waals surface area contributed by atoms with E-state index in [4.69, 9.17) is 9.47 Å². The van der Waals surface area contributed by atoms with Gasteiger partial charge in [-0.05, 0) is 6.07 Å². The van der Waals surface area contributed by atoms with Gasteiger partial charge in [-0.25, -0.2) is 0 Å². The zero-order valence-corrected chi connectivity index (χ0v) is 10.5. The van der Waals surface area contributed by atoms with E-state index in [1.54, 1.807) is 24.3 Å². The van der Waals surface area contributed by atoms with Gasteiger partial charge in [-0.15, -0.1) is 0 Å². The van der Waals surface area contributed by atoms with Crippen molar-refractivity contribution in [3.63, 3.8) is 0 Å². The van der Waals surface area contributed by atoms with Crippen molar-refractivity contribution in [1.82, 2.24) is 0 Å². The fourth-order valence-electron chi connectivity index (χ4n) is 1.61. The maximum atomic E-state index is 11.1. The van der Waals surface area contributed by atoms with Gasteiger partial charge in [-0.2, -0.15) is 0 Å². The molecule has 0 spiro atoms. The van der Waals surface area contributed by atoms with Gasteiger partial charge in [-0.1, -0.05) is 18.2 Å². The molecule has 1 rings (SSSR count). The van der Waals surface area contributed by atoms with E-state index in [9.17, 15) is 14.9 Å². The molecule has 0 aliphatic carbocycles. The molecule has 18 heavy (non-hydrogen) atoms. The molecule has 0 aromatic heterocycles. The van der Waals surface area contributed by atoms with Crippen LogP contribution in [0.1, 0.15) is 25.5 Å². The van der Waals surface area contributed by atoms with Crippen molar-refractivity contribution < 1.29 is 19.2 Å². The van der Waals surface area contributed by atoms with E-state index in [1.807, 2.05) is 0 Å². The second-order valence-electron chi connectivity index (χ2n) is 3.80. The number of carbonyl (C=O) groups is 1. The first-order valence-corrected chi connectivity index (χ1v) is 5.41. The lowest BCUT2D eigenvalue weighted by atomic mass is 10.0. The standard InChI is InChI=1S/C12H15NO5/c1-8(13(15)16)12(18-9(2)14)10-6-4-5-7-11(10)17-3/h4-8,12H,1-3H3. The SMILES string of the molecule is COc1ccccc1C(OC(C)=O)C(C)[N+](=O)[O-]. The topological polar surface area (TPSA) is 78.7 Å². The molecule has 0 bridgehead atoms. The Morgan fingerprint density at radius 3 is 2.50 bits per heavy atom. The summed E-state index contributed by atoms with van der Waals surface area (Å²) in [5.74, 6) is -0.114. The van der Waals surface area contributed by atoms with Crippen molar-refractivity contribution in [3.05, 3.63) is 39.9 Å². The second-order valence-corrected chi connectivity index (χ2v) is 3.80. The van der Waals surface area contributed by atoms with Crippen LogP contribution in [0, 0.1) is 10.1 Å². The van der Waals surface area contributed by atoms with E-state index in [1.165, 1.54) is 21.0 Å². The lowest BCUT2D eigenvalue weighted by Gasteiger charge is -2.20. The van der Waals surface area contributed by atoms with Crippen LogP contribution in [0.25, 0.3) is 0 Å². The van der Waals surface area contributed by atoms with Gasteiger partial charge in [0.05, 0.1) is 7.11 Å². The molecule has 6 heteroatoms. The summed E-state index contributed by atoms with van der Waals surface area (Å²) in [7, 11) is 1.46. The molecule has 1 aromatic carbocycles. The van der Waals surface area contributed by atoms with E-state index in [-0.39, 0.29) is 0 Å². The van der Waals surface area contributed by atoms with Crippen LogP contribution >= 0.6 is 0 Å². The largest absolute Gasteiger partial charge is 0.496 e. The fourth-order valence-corrected chi connectivity index (χ4v) is 1.61. The Kier molecular flexibility index (Phi) is 4.65. The van der Waals surface area contributed by atoms with Crippen LogP contribution in [0.4, 0.5) is 0 Å². The highest BCUT2D eigenvalue weighted by Crippen LogP contribution is 2.30. The van der Waals surface area contributed by atoms with Crippen molar-refractivity contribution in [1.29, 1.82) is 0 Å². The van der Waals surface area contributed by atoms with Crippen LogP contribution < -0.4 is 4.74 Å². The number of benzene rings is 1. The van der Waals surface area contributed by atoms with Gasteiger partial charge in [0.2, 0.25) is 0 Å². The molecule has 0 N–H and O–H groups in total. The molecule has 0 amide bonds. The average molecular weight is 253 g/mol. The molecule has 0 aliphatic heterocycles. The molecule has 0 saturated heterocycles. The van der Waals surface area contributed by atoms with Crippen LogP contribution in [0.2, 0.25) is 0 Å². The summed E-state index contributed by atoms with van der Waals surface area (Å²) in [6.07, 6.45) is -0.964. The van der Waals surface area contributed by atoms with Gasteiger partial charge < -0.3 is 9.47 Å². The molecule has 2 unspecified atom stereocenters. The van der Waals surface area contributed by atoms with Gasteiger partial charge in [0, 0.05) is 24.3 Å². The summed E-state index contributed by atoms with van der Waals surface area (Å²) >= 11 is 0. The molecule has 98 valence electrons. The summed E-state index contributed by atoms with van der Waals surface area (Å²) in [4.78, 5) is 21.5. The Morgan fingerprint density at radius 1 is 1.39 bits per heavy atom.